The molecule has 0 saturated carbocycles. The standard InChI is InChI=1S/C12H8ClNO3/c13-11(14-17)9-5-6-10(12(15)16)8-4-2-1-3-7(8)9/h1-6,17H,(H,15,16)/b14-11+. The Kier molecular flexibility index (Phi) is 2.97. The molecule has 2 aromatic carbocycles. The number of benzene rings is 2. The van der Waals surface area contributed by atoms with Gasteiger partial charge >= 0.3 is 5.97 Å². The van der Waals surface area contributed by atoms with Crippen LogP contribution in [-0.4, -0.2) is 21.5 Å². The second kappa shape index (κ2) is 4.43. The lowest BCUT2D eigenvalue weighted by Crippen LogP contribution is -2.01. The molecular formula is C12H8ClNO3. The van der Waals surface area contributed by atoms with Crippen molar-refractivity contribution in [2.75, 3.05) is 0 Å². The molecule has 0 bridgehead atoms. The number of carboxylic acid groups (broad SMARTS) is 1. The van der Waals surface area contributed by atoms with Crippen LogP contribution in [0.1, 0.15) is 15.9 Å². The summed E-state index contributed by atoms with van der Waals surface area (Å²) in [7, 11) is 0. The van der Waals surface area contributed by atoms with Crippen LogP contribution in [0.2, 0.25) is 0 Å². The number of nitrogens with zero attached hydrogens (tertiary/aromatic N) is 1. The van der Waals surface area contributed by atoms with Gasteiger partial charge in [-0.15, -0.1) is 0 Å². The zero-order valence-electron chi connectivity index (χ0n) is 8.59. The van der Waals surface area contributed by atoms with Crippen molar-refractivity contribution >= 4 is 33.5 Å². The van der Waals surface area contributed by atoms with Crippen LogP contribution in [0, 0.1) is 0 Å². The first-order valence-corrected chi connectivity index (χ1v) is 5.16. The van der Waals surface area contributed by atoms with Gasteiger partial charge in [0.25, 0.3) is 0 Å². The monoisotopic (exact) mass is 249 g/mol. The Hall–Kier alpha value is -2.07. The summed E-state index contributed by atoms with van der Waals surface area (Å²) in [6.45, 7) is 0. The largest absolute Gasteiger partial charge is 0.478 e. The summed E-state index contributed by atoms with van der Waals surface area (Å²) in [4.78, 5) is 11.1. The summed E-state index contributed by atoms with van der Waals surface area (Å²) in [6, 6.07) is 9.87. The molecule has 17 heavy (non-hydrogen) atoms. The van der Waals surface area contributed by atoms with Crippen LogP contribution in [-0.2, 0) is 0 Å². The number of carboxylic acids is 1. The molecule has 0 heterocycles. The topological polar surface area (TPSA) is 69.9 Å². The maximum Gasteiger partial charge on any atom is 0.336 e. The Bertz CT molecular complexity index is 622. The minimum atomic E-state index is -1.01. The molecule has 2 aromatic rings. The maximum atomic E-state index is 11.1. The smallest absolute Gasteiger partial charge is 0.336 e. The van der Waals surface area contributed by atoms with Crippen molar-refractivity contribution in [1.29, 1.82) is 0 Å². The molecule has 0 unspecified atom stereocenters. The van der Waals surface area contributed by atoms with Crippen LogP contribution < -0.4 is 0 Å². The molecule has 0 aliphatic carbocycles. The van der Waals surface area contributed by atoms with E-state index in [4.69, 9.17) is 21.9 Å². The van der Waals surface area contributed by atoms with Crippen LogP contribution >= 0.6 is 11.6 Å². The van der Waals surface area contributed by atoms with E-state index in [1.807, 2.05) is 0 Å². The average molecular weight is 250 g/mol. The maximum absolute atomic E-state index is 11.1. The Morgan fingerprint density at radius 3 is 2.12 bits per heavy atom. The highest BCUT2D eigenvalue weighted by Crippen LogP contribution is 2.24. The summed E-state index contributed by atoms with van der Waals surface area (Å²) >= 11 is 5.75. The van der Waals surface area contributed by atoms with Crippen molar-refractivity contribution < 1.29 is 15.1 Å². The zero-order chi connectivity index (χ0) is 12.4. The number of aromatic carboxylic acids is 1. The van der Waals surface area contributed by atoms with Gasteiger partial charge in [-0.2, -0.15) is 0 Å². The first-order valence-electron chi connectivity index (χ1n) is 4.78. The van der Waals surface area contributed by atoms with Gasteiger partial charge in [-0.1, -0.05) is 47.1 Å². The zero-order valence-corrected chi connectivity index (χ0v) is 9.35. The Morgan fingerprint density at radius 2 is 1.59 bits per heavy atom. The summed E-state index contributed by atoms with van der Waals surface area (Å²) in [5, 5.41) is 21.8. The normalized spacial score (nSPS) is 11.7. The van der Waals surface area contributed by atoms with E-state index in [-0.39, 0.29) is 10.7 Å². The van der Waals surface area contributed by atoms with Gasteiger partial charge in [0, 0.05) is 5.56 Å². The number of rotatable bonds is 2. The summed E-state index contributed by atoms with van der Waals surface area (Å²) in [5.41, 5.74) is 0.682. The van der Waals surface area contributed by atoms with Crippen molar-refractivity contribution in [3.63, 3.8) is 0 Å². The molecule has 0 aromatic heterocycles. The second-order valence-corrected chi connectivity index (χ2v) is 3.76. The van der Waals surface area contributed by atoms with Gasteiger partial charge in [0.2, 0.25) is 0 Å². The van der Waals surface area contributed by atoms with Gasteiger partial charge in [0.15, 0.2) is 5.17 Å². The van der Waals surface area contributed by atoms with E-state index in [1.165, 1.54) is 12.1 Å². The van der Waals surface area contributed by atoms with Gasteiger partial charge in [-0.05, 0) is 16.8 Å². The molecule has 0 aliphatic rings. The van der Waals surface area contributed by atoms with Crippen LogP contribution in [0.3, 0.4) is 0 Å². The fraction of sp³-hybridized carbons (Fsp3) is 0. The van der Waals surface area contributed by atoms with E-state index in [2.05, 4.69) is 5.16 Å². The van der Waals surface area contributed by atoms with Gasteiger partial charge in [-0.3, -0.25) is 0 Å². The van der Waals surface area contributed by atoms with Crippen LogP contribution in [0.15, 0.2) is 41.6 Å². The fourth-order valence-corrected chi connectivity index (χ4v) is 1.88. The predicted molar refractivity (Wildman–Crippen MR) is 65.1 cm³/mol. The van der Waals surface area contributed by atoms with E-state index < -0.39 is 5.97 Å². The lowest BCUT2D eigenvalue weighted by Gasteiger charge is -2.06. The van der Waals surface area contributed by atoms with Gasteiger partial charge in [0.1, 0.15) is 0 Å². The molecule has 2 N–H and O–H groups in total. The lowest BCUT2D eigenvalue weighted by molar-refractivity contribution is 0.0699. The second-order valence-electron chi connectivity index (χ2n) is 3.40. The molecule has 0 saturated heterocycles. The highest BCUT2D eigenvalue weighted by molar-refractivity contribution is 6.70. The quantitative estimate of drug-likeness (QED) is 0.488. The van der Waals surface area contributed by atoms with Crippen molar-refractivity contribution in [3.05, 3.63) is 47.5 Å². The minimum Gasteiger partial charge on any atom is -0.478 e. The number of fused-ring (bicyclic) bond motifs is 1. The molecule has 0 fully saturated rings. The Labute approximate surface area is 102 Å². The average Bonchev–Trinajstić information content (AvgIpc) is 2.36. The van der Waals surface area contributed by atoms with E-state index in [0.29, 0.717) is 16.3 Å². The van der Waals surface area contributed by atoms with Gasteiger partial charge in [-0.25, -0.2) is 4.79 Å². The molecule has 2 rings (SSSR count). The Balaban J connectivity index is 2.84. The van der Waals surface area contributed by atoms with Crippen LogP contribution in [0.25, 0.3) is 10.8 Å². The molecule has 0 aliphatic heterocycles. The molecule has 0 atom stereocenters. The molecular weight excluding hydrogens is 242 g/mol. The number of halogens is 1. The van der Waals surface area contributed by atoms with Gasteiger partial charge in [0.05, 0.1) is 5.56 Å². The first-order chi connectivity index (χ1) is 8.15. The molecule has 86 valence electrons. The molecule has 0 spiro atoms. The van der Waals surface area contributed by atoms with Crippen molar-refractivity contribution in [1.82, 2.24) is 0 Å². The van der Waals surface area contributed by atoms with Crippen LogP contribution in [0.4, 0.5) is 0 Å². The molecule has 0 amide bonds. The highest BCUT2D eigenvalue weighted by Gasteiger charge is 2.13. The van der Waals surface area contributed by atoms with E-state index in [1.54, 1.807) is 24.3 Å². The third-order valence-electron chi connectivity index (χ3n) is 2.46. The minimum absolute atomic E-state index is 0.0712. The third-order valence-corrected chi connectivity index (χ3v) is 2.74. The fourth-order valence-electron chi connectivity index (χ4n) is 1.72. The van der Waals surface area contributed by atoms with Crippen molar-refractivity contribution in [2.24, 2.45) is 5.16 Å². The van der Waals surface area contributed by atoms with E-state index in [0.717, 1.165) is 0 Å². The summed E-state index contributed by atoms with van der Waals surface area (Å²) in [6.07, 6.45) is 0. The van der Waals surface area contributed by atoms with Crippen molar-refractivity contribution in [2.45, 2.75) is 0 Å². The lowest BCUT2D eigenvalue weighted by atomic mass is 10.00. The summed E-state index contributed by atoms with van der Waals surface area (Å²) in [5.74, 6) is -1.01. The van der Waals surface area contributed by atoms with E-state index >= 15 is 0 Å². The van der Waals surface area contributed by atoms with E-state index in [9.17, 15) is 4.79 Å². The summed E-state index contributed by atoms with van der Waals surface area (Å²) < 4.78 is 0. The van der Waals surface area contributed by atoms with Gasteiger partial charge < -0.3 is 10.3 Å². The van der Waals surface area contributed by atoms with Crippen LogP contribution in [0.5, 0.6) is 0 Å². The molecule has 4 nitrogen and oxygen atoms in total. The third kappa shape index (κ3) is 1.94. The number of hydrogen-bond acceptors (Lipinski definition) is 3. The predicted octanol–water partition coefficient (Wildman–Crippen LogP) is 2.91. The molecule has 5 heteroatoms. The highest BCUT2D eigenvalue weighted by atomic mass is 35.5. The number of carbonyl (C=O) groups is 1. The first kappa shape index (κ1) is 11.4. The number of hydrogen-bond donors (Lipinski definition) is 2. The number of oxime groups is 1. The SMILES string of the molecule is O=C(O)c1ccc(/C(Cl)=N\O)c2ccccc12. The molecule has 0 radical (unpaired) electrons. The van der Waals surface area contributed by atoms with Crippen molar-refractivity contribution in [3.8, 4) is 0 Å². The Morgan fingerprint density at radius 1 is 1.06 bits per heavy atom.